The summed E-state index contributed by atoms with van der Waals surface area (Å²) < 4.78 is 6.26. The van der Waals surface area contributed by atoms with Crippen LogP contribution in [0.5, 0.6) is 5.75 Å². The predicted molar refractivity (Wildman–Crippen MR) is 72.0 cm³/mol. The maximum absolute atomic E-state index is 11.3. The zero-order valence-electron chi connectivity index (χ0n) is 8.96. The van der Waals surface area contributed by atoms with Gasteiger partial charge in [0.25, 0.3) is 0 Å². The highest BCUT2D eigenvalue weighted by Gasteiger charge is 2.13. The van der Waals surface area contributed by atoms with Crippen LogP contribution in [0, 0.1) is 15.4 Å². The molecule has 1 aromatic carbocycles. The van der Waals surface area contributed by atoms with Crippen LogP contribution in [0.15, 0.2) is 12.1 Å². The number of halogens is 2. The van der Waals surface area contributed by atoms with E-state index >= 15 is 0 Å². The first-order valence-corrected chi connectivity index (χ1v) is 5.90. The van der Waals surface area contributed by atoms with E-state index in [0.29, 0.717) is 22.9 Å². The predicted octanol–water partition coefficient (Wildman–Crippen LogP) is 3.69. The Bertz CT molecular complexity index is 404. The molecule has 0 unspecified atom stereocenters. The van der Waals surface area contributed by atoms with Crippen molar-refractivity contribution in [2.24, 2.45) is 0 Å². The largest absolute Gasteiger partial charge is 0.492 e. The minimum atomic E-state index is -0.0335. The van der Waals surface area contributed by atoms with Gasteiger partial charge in [-0.05, 0) is 48.6 Å². The first kappa shape index (κ1) is 15.2. The molecule has 3 nitrogen and oxygen atoms in total. The summed E-state index contributed by atoms with van der Waals surface area (Å²) in [6.07, 6.45) is 0. The summed E-state index contributed by atoms with van der Waals surface area (Å²) >= 11 is 7.96. The highest BCUT2D eigenvalue weighted by atomic mass is 127. The number of rotatable bonds is 3. The maximum atomic E-state index is 11.3. The van der Waals surface area contributed by atoms with Gasteiger partial charge in [-0.2, -0.15) is 0 Å². The lowest BCUT2D eigenvalue weighted by Crippen LogP contribution is -2.02. The summed E-state index contributed by atoms with van der Waals surface area (Å²) in [6.45, 7) is 7.43. The summed E-state index contributed by atoms with van der Waals surface area (Å²) in [5.41, 5.74) is 0.545. The van der Waals surface area contributed by atoms with Gasteiger partial charge in [-0.3, -0.25) is 4.79 Å². The number of carbonyl (C=O) groups is 1. The fraction of sp³-hybridized carbons (Fsp3) is 0.273. The topological polar surface area (TPSA) is 50.1 Å². The van der Waals surface area contributed by atoms with Gasteiger partial charge in [0.15, 0.2) is 5.78 Å². The molecule has 0 heterocycles. The fourth-order valence-corrected chi connectivity index (χ4v) is 2.30. The Hall–Kier alpha value is -0.800. The highest BCUT2D eigenvalue weighted by Crippen LogP contribution is 2.29. The summed E-state index contributed by atoms with van der Waals surface area (Å²) in [6, 6.07) is 3.41. The molecule has 0 amide bonds. The Balaban J connectivity index is 0.00000106. The highest BCUT2D eigenvalue weighted by molar-refractivity contribution is 14.1. The van der Waals surface area contributed by atoms with Crippen molar-refractivity contribution in [1.82, 2.24) is 0 Å². The molecule has 0 aliphatic heterocycles. The molecule has 0 bridgehead atoms. The molecule has 0 spiro atoms. The first-order valence-electron chi connectivity index (χ1n) is 4.44. The number of hydrogen-bond acceptors (Lipinski definition) is 3. The lowest BCUT2D eigenvalue weighted by atomic mass is 10.1. The fourth-order valence-electron chi connectivity index (χ4n) is 1.11. The molecule has 0 aromatic heterocycles. The van der Waals surface area contributed by atoms with Gasteiger partial charge in [-0.15, -0.1) is 0 Å². The van der Waals surface area contributed by atoms with Crippen molar-refractivity contribution in [3.05, 3.63) is 26.3 Å². The van der Waals surface area contributed by atoms with Gasteiger partial charge < -0.3 is 4.74 Å². The van der Waals surface area contributed by atoms with Gasteiger partial charge in [0.1, 0.15) is 5.75 Å². The van der Waals surface area contributed by atoms with E-state index in [1.54, 1.807) is 12.1 Å². The third kappa shape index (κ3) is 3.99. The molecule has 0 saturated heterocycles. The molecule has 0 atom stereocenters. The Morgan fingerprint density at radius 3 is 2.56 bits per heavy atom. The average Bonchev–Trinajstić information content (AvgIpc) is 2.24. The van der Waals surface area contributed by atoms with Crippen molar-refractivity contribution in [3.63, 3.8) is 0 Å². The summed E-state index contributed by atoms with van der Waals surface area (Å²) in [7, 11) is 0. The lowest BCUT2D eigenvalue weighted by Gasteiger charge is -2.10. The first-order chi connectivity index (χ1) is 7.56. The average molecular weight is 352 g/mol. The molecule has 0 radical (unpaired) electrons. The van der Waals surface area contributed by atoms with E-state index in [1.165, 1.54) is 6.92 Å². The smallest absolute Gasteiger partial charge is 0.163 e. The number of carbonyl (C=O) groups excluding carboxylic acids is 1. The maximum Gasteiger partial charge on any atom is 0.163 e. The number of nitriles is 1. The van der Waals surface area contributed by atoms with Gasteiger partial charge in [0.2, 0.25) is 0 Å². The Morgan fingerprint density at radius 1 is 1.56 bits per heavy atom. The third-order valence-corrected chi connectivity index (χ3v) is 2.70. The van der Waals surface area contributed by atoms with E-state index in [4.69, 9.17) is 21.6 Å². The van der Waals surface area contributed by atoms with Crippen molar-refractivity contribution < 1.29 is 9.53 Å². The second-order valence-corrected chi connectivity index (χ2v) is 4.35. The van der Waals surface area contributed by atoms with Gasteiger partial charge in [0, 0.05) is 11.6 Å². The monoisotopic (exact) mass is 351 g/mol. The lowest BCUT2D eigenvalue weighted by molar-refractivity contribution is 0.101. The van der Waals surface area contributed by atoms with Crippen LogP contribution < -0.4 is 4.74 Å². The van der Waals surface area contributed by atoms with Crippen LogP contribution in [0.2, 0.25) is 5.02 Å². The van der Waals surface area contributed by atoms with Crippen molar-refractivity contribution in [3.8, 4) is 12.3 Å². The summed E-state index contributed by atoms with van der Waals surface area (Å²) in [4.78, 5) is 11.3. The quantitative estimate of drug-likeness (QED) is 0.616. The Kier molecular flexibility index (Phi) is 7.10. The summed E-state index contributed by atoms with van der Waals surface area (Å²) in [5, 5.41) is 7.06. The zero-order valence-corrected chi connectivity index (χ0v) is 11.9. The minimum Gasteiger partial charge on any atom is -0.492 e. The third-order valence-electron chi connectivity index (χ3n) is 1.68. The molecular formula is C11H11ClINO2. The van der Waals surface area contributed by atoms with Crippen molar-refractivity contribution in [1.29, 1.82) is 5.26 Å². The molecule has 1 rings (SSSR count). The zero-order chi connectivity index (χ0) is 12.7. The number of hydrogen-bond donors (Lipinski definition) is 0. The molecule has 0 fully saturated rings. The molecule has 0 saturated carbocycles. The van der Waals surface area contributed by atoms with Crippen LogP contribution in [0.1, 0.15) is 24.2 Å². The van der Waals surface area contributed by atoms with Gasteiger partial charge in [-0.1, -0.05) is 11.6 Å². The van der Waals surface area contributed by atoms with Crippen LogP contribution in [-0.4, -0.2) is 12.4 Å². The second-order valence-electron chi connectivity index (χ2n) is 2.75. The van der Waals surface area contributed by atoms with Crippen LogP contribution in [0.3, 0.4) is 0 Å². The number of Topliss-reactive ketones (excluding diaryl/α,β-unsaturated/α-hetero) is 1. The van der Waals surface area contributed by atoms with E-state index in [0.717, 1.165) is 3.57 Å². The molecule has 86 valence electrons. The van der Waals surface area contributed by atoms with E-state index in [1.807, 2.05) is 6.92 Å². The summed E-state index contributed by atoms with van der Waals surface area (Å²) in [5.74, 6) is 0.596. The molecule has 0 aliphatic carbocycles. The van der Waals surface area contributed by atoms with E-state index in [9.17, 15) is 4.79 Å². The molecule has 5 heteroatoms. The van der Waals surface area contributed by atoms with Crippen LogP contribution in [0.4, 0.5) is 0 Å². The number of ketones is 1. The van der Waals surface area contributed by atoms with E-state index in [-0.39, 0.29) is 5.78 Å². The van der Waals surface area contributed by atoms with Gasteiger partial charge >= 0.3 is 0 Å². The van der Waals surface area contributed by atoms with Crippen molar-refractivity contribution in [2.75, 3.05) is 6.61 Å². The van der Waals surface area contributed by atoms with E-state index in [2.05, 4.69) is 29.2 Å². The van der Waals surface area contributed by atoms with Crippen molar-refractivity contribution in [2.45, 2.75) is 13.8 Å². The molecule has 1 aromatic rings. The molecule has 0 N–H and O–H groups in total. The second kappa shape index (κ2) is 7.47. The number of nitrogens with zero attached hydrogens (tertiary/aromatic N) is 1. The SMILES string of the molecule is C#N.CCOc1c(I)cc(Cl)cc1C(C)=O. The van der Waals surface area contributed by atoms with Gasteiger partial charge in [-0.25, -0.2) is 5.26 Å². The van der Waals surface area contributed by atoms with Crippen molar-refractivity contribution >= 4 is 40.0 Å². The Morgan fingerprint density at radius 2 is 2.12 bits per heavy atom. The Labute approximate surface area is 113 Å². The molecule has 16 heavy (non-hydrogen) atoms. The number of ether oxygens (including phenoxy) is 1. The minimum absolute atomic E-state index is 0.0335. The van der Waals surface area contributed by atoms with Crippen LogP contribution in [-0.2, 0) is 0 Å². The normalized spacial score (nSPS) is 8.88. The van der Waals surface area contributed by atoms with Crippen LogP contribution in [0.25, 0.3) is 0 Å². The number of benzene rings is 1. The van der Waals surface area contributed by atoms with Gasteiger partial charge in [0.05, 0.1) is 15.7 Å². The molecular weight excluding hydrogens is 340 g/mol. The van der Waals surface area contributed by atoms with Crippen LogP contribution >= 0.6 is 34.2 Å². The molecule has 0 aliphatic rings. The standard InChI is InChI=1S/C10H10ClIO2.CHN/c1-3-14-10-8(6(2)13)4-7(11)5-9(10)12;1-2/h4-5H,3H2,1-2H3;1H. The van der Waals surface area contributed by atoms with E-state index < -0.39 is 0 Å².